The molecule has 6 N–H and O–H groups in total. The number of quaternary nitrogens is 1. The van der Waals surface area contributed by atoms with Gasteiger partial charge in [-0.1, -0.05) is 18.2 Å². The van der Waals surface area contributed by atoms with Crippen molar-refractivity contribution in [3.05, 3.63) is 83.3 Å². The summed E-state index contributed by atoms with van der Waals surface area (Å²) in [5.74, 6) is -0.983. The highest BCUT2D eigenvalue weighted by molar-refractivity contribution is 6.34. The number of aliphatic carboxylic acids is 1. The largest absolute Gasteiger partial charge is 0.477 e. The molecule has 20 heteroatoms. The smallest absolute Gasteiger partial charge is 0.435 e. The SMILES string of the molecule is C=C(C1CC[N+](CC(=O)O)(CC2CNC2)CC1)N1CCN(C(=O)c2ccc(NC(=O)c3ncc(-c4cn(-c5ccc(NCCN)cn5)nc4C(F)(F)F)n3C)cc2Cl)CC1. The zero-order chi connectivity index (χ0) is 42.8. The van der Waals surface area contributed by atoms with Crippen LogP contribution in [0, 0.1) is 11.8 Å². The number of carbonyl (C=O) groups excluding carboxylic acids is 2. The predicted octanol–water partition coefficient (Wildman–Crippen LogP) is 3.77. The van der Waals surface area contributed by atoms with Crippen molar-refractivity contribution < 1.29 is 37.1 Å². The highest BCUT2D eigenvalue weighted by Gasteiger charge is 2.41. The molecular formula is C40H49ClF3N12O4+. The molecule has 3 fully saturated rings. The van der Waals surface area contributed by atoms with E-state index >= 15 is 0 Å². The second-order valence-electron chi connectivity index (χ2n) is 15.7. The zero-order valence-corrected chi connectivity index (χ0v) is 34.0. The second kappa shape index (κ2) is 17.6. The van der Waals surface area contributed by atoms with Gasteiger partial charge in [-0.15, -0.1) is 0 Å². The summed E-state index contributed by atoms with van der Waals surface area (Å²) in [7, 11) is 1.42. The van der Waals surface area contributed by atoms with Crippen molar-refractivity contribution in [1.82, 2.24) is 39.4 Å². The van der Waals surface area contributed by atoms with Gasteiger partial charge in [0.2, 0.25) is 0 Å². The molecule has 4 aromatic rings. The first kappa shape index (κ1) is 42.6. The van der Waals surface area contributed by atoms with E-state index in [9.17, 15) is 32.7 Å². The summed E-state index contributed by atoms with van der Waals surface area (Å²) >= 11 is 6.60. The van der Waals surface area contributed by atoms with E-state index in [1.807, 2.05) is 0 Å². The maximum Gasteiger partial charge on any atom is 0.435 e. The molecule has 3 saturated heterocycles. The Morgan fingerprint density at radius 2 is 1.73 bits per heavy atom. The Morgan fingerprint density at radius 1 is 1.03 bits per heavy atom. The number of piperidine rings is 1. The lowest BCUT2D eigenvalue weighted by atomic mass is 9.89. The average Bonchev–Trinajstić information content (AvgIpc) is 3.83. The summed E-state index contributed by atoms with van der Waals surface area (Å²) in [6, 6.07) is 7.66. The van der Waals surface area contributed by atoms with Crippen LogP contribution in [0.3, 0.4) is 0 Å². The summed E-state index contributed by atoms with van der Waals surface area (Å²) in [4.78, 5) is 51.0. The molecule has 0 unspecified atom stereocenters. The van der Waals surface area contributed by atoms with E-state index in [-0.39, 0.29) is 57.5 Å². The van der Waals surface area contributed by atoms with E-state index in [0.717, 1.165) is 55.9 Å². The number of amides is 2. The molecule has 1 aromatic carbocycles. The van der Waals surface area contributed by atoms with Gasteiger partial charge in [0.25, 0.3) is 11.8 Å². The number of halogens is 4. The van der Waals surface area contributed by atoms with Crippen LogP contribution >= 0.6 is 11.6 Å². The van der Waals surface area contributed by atoms with Crippen molar-refractivity contribution >= 4 is 40.8 Å². The number of benzene rings is 1. The van der Waals surface area contributed by atoms with Gasteiger partial charge in [0.15, 0.2) is 23.9 Å². The van der Waals surface area contributed by atoms with Crippen LogP contribution in [0.4, 0.5) is 24.5 Å². The number of carboxylic acids is 1. The van der Waals surface area contributed by atoms with Crippen LogP contribution in [0.15, 0.2) is 61.2 Å². The van der Waals surface area contributed by atoms with E-state index in [1.165, 1.54) is 54.5 Å². The number of nitrogens with two attached hydrogens (primary N) is 1. The molecule has 2 amide bonds. The van der Waals surface area contributed by atoms with Gasteiger partial charge in [0.05, 0.1) is 59.6 Å². The van der Waals surface area contributed by atoms with Crippen molar-refractivity contribution in [3.63, 3.8) is 0 Å². The number of imidazole rings is 1. The molecule has 3 aliphatic heterocycles. The van der Waals surface area contributed by atoms with Crippen LogP contribution in [0.2, 0.25) is 5.02 Å². The zero-order valence-electron chi connectivity index (χ0n) is 33.2. The standard InChI is InChI=1S/C40H48ClF3N12O4/c1-25(27-7-15-56(16-8-27,24-35(57)58)23-26-18-46-19-26)53-11-13-54(14-12-53)39(60)30-5-3-28(17-32(30)41)50-38(59)37-49-21-33(52(37)2)31-22-55(51-36(31)40(42,43)44)34-6-4-29(20-48-34)47-10-9-45/h3-6,17,20-22,26-27,46-47H,1,7-16,18-19,23-24,45H2,2H3,(H-,50,57,58,59,60)/p+1. The van der Waals surface area contributed by atoms with Gasteiger partial charge in [-0.3, -0.25) is 9.59 Å². The monoisotopic (exact) mass is 853 g/mol. The molecule has 0 spiro atoms. The molecule has 0 aliphatic carbocycles. The summed E-state index contributed by atoms with van der Waals surface area (Å²) in [6.07, 6.45) is 0.733. The number of nitrogens with one attached hydrogen (secondary N) is 3. The van der Waals surface area contributed by atoms with Gasteiger partial charge >= 0.3 is 12.1 Å². The fraction of sp³-hybridized carbons (Fsp3) is 0.450. The third kappa shape index (κ3) is 9.28. The van der Waals surface area contributed by atoms with Crippen molar-refractivity contribution in [3.8, 4) is 17.1 Å². The van der Waals surface area contributed by atoms with Crippen LogP contribution in [-0.2, 0) is 18.0 Å². The molecule has 7 rings (SSSR count). The third-order valence-electron chi connectivity index (χ3n) is 11.7. The molecule has 0 saturated carbocycles. The Kier molecular flexibility index (Phi) is 12.5. The number of likely N-dealkylation sites (tertiary alicyclic amines) is 1. The number of aromatic nitrogens is 5. The summed E-state index contributed by atoms with van der Waals surface area (Å²) in [5, 5.41) is 22.5. The topological polar surface area (TPSA) is 189 Å². The number of pyridine rings is 1. The lowest BCUT2D eigenvalue weighted by Crippen LogP contribution is -2.62. The van der Waals surface area contributed by atoms with E-state index < -0.39 is 23.7 Å². The number of anilines is 2. The fourth-order valence-electron chi connectivity index (χ4n) is 8.35. The van der Waals surface area contributed by atoms with E-state index in [4.69, 9.17) is 17.3 Å². The molecule has 3 aliphatic rings. The van der Waals surface area contributed by atoms with Crippen LogP contribution in [0.25, 0.3) is 17.1 Å². The van der Waals surface area contributed by atoms with Crippen molar-refractivity contribution in [2.24, 2.45) is 24.6 Å². The van der Waals surface area contributed by atoms with Crippen molar-refractivity contribution in [2.45, 2.75) is 19.0 Å². The molecule has 0 atom stereocenters. The predicted molar refractivity (Wildman–Crippen MR) is 219 cm³/mol. The van der Waals surface area contributed by atoms with Crippen molar-refractivity contribution in [2.75, 3.05) is 89.2 Å². The highest BCUT2D eigenvalue weighted by atomic mass is 35.5. The lowest BCUT2D eigenvalue weighted by Gasteiger charge is -2.47. The third-order valence-corrected chi connectivity index (χ3v) is 12.0. The Balaban J connectivity index is 0.954. The number of hydrogen-bond acceptors (Lipinski definition) is 10. The van der Waals surface area contributed by atoms with Gasteiger partial charge in [0, 0.05) is 102 Å². The fourth-order valence-corrected chi connectivity index (χ4v) is 8.61. The van der Waals surface area contributed by atoms with Crippen LogP contribution in [0.5, 0.6) is 0 Å². The number of allylic oxidation sites excluding steroid dienone is 1. The number of hydrogen-bond donors (Lipinski definition) is 5. The molecule has 320 valence electrons. The molecule has 60 heavy (non-hydrogen) atoms. The highest BCUT2D eigenvalue weighted by Crippen LogP contribution is 2.37. The molecule has 0 radical (unpaired) electrons. The minimum Gasteiger partial charge on any atom is -0.477 e. The summed E-state index contributed by atoms with van der Waals surface area (Å²) in [6.45, 7) is 12.0. The second-order valence-corrected chi connectivity index (χ2v) is 16.1. The number of carbonyl (C=O) groups is 3. The van der Waals surface area contributed by atoms with Gasteiger partial charge in [0.1, 0.15) is 0 Å². The van der Waals surface area contributed by atoms with E-state index in [1.54, 1.807) is 11.0 Å². The lowest BCUT2D eigenvalue weighted by molar-refractivity contribution is -0.930. The molecular weight excluding hydrogens is 805 g/mol. The molecule has 16 nitrogen and oxygen atoms in total. The number of nitrogens with zero attached hydrogens (tertiary/aromatic N) is 8. The van der Waals surface area contributed by atoms with Gasteiger partial charge in [-0.2, -0.15) is 18.3 Å². The normalized spacial score (nSPS) is 19.8. The first-order valence-electron chi connectivity index (χ1n) is 19.9. The maximum absolute atomic E-state index is 14.2. The van der Waals surface area contributed by atoms with Gasteiger partial charge in [-0.25, -0.2) is 19.4 Å². The first-order valence-corrected chi connectivity index (χ1v) is 20.2. The molecule has 3 aromatic heterocycles. The van der Waals surface area contributed by atoms with Gasteiger partial charge < -0.3 is 45.6 Å². The number of alkyl halides is 3. The van der Waals surface area contributed by atoms with Crippen LogP contribution in [0.1, 0.15) is 39.5 Å². The molecule has 6 heterocycles. The summed E-state index contributed by atoms with van der Waals surface area (Å²) in [5.41, 5.74) is 6.22. The van der Waals surface area contributed by atoms with Crippen LogP contribution in [-0.4, -0.2) is 140 Å². The minimum absolute atomic E-state index is 0.00413. The average molecular weight is 854 g/mol. The minimum atomic E-state index is -4.82. The summed E-state index contributed by atoms with van der Waals surface area (Å²) < 4.78 is 45.5. The van der Waals surface area contributed by atoms with E-state index in [0.29, 0.717) is 55.4 Å². The quantitative estimate of drug-likeness (QED) is 0.116. The van der Waals surface area contributed by atoms with E-state index in [2.05, 4.69) is 42.5 Å². The first-order chi connectivity index (χ1) is 28.6. The Labute approximate surface area is 349 Å². The Bertz CT molecular complexity index is 2220. The van der Waals surface area contributed by atoms with Crippen LogP contribution < -0.4 is 21.7 Å². The Hall–Kier alpha value is -5.50. The Morgan fingerprint density at radius 3 is 2.33 bits per heavy atom. The molecule has 0 bridgehead atoms. The number of carboxylic acid groups (broad SMARTS) is 1. The van der Waals surface area contributed by atoms with Gasteiger partial charge in [-0.05, 0) is 30.3 Å². The maximum atomic E-state index is 14.2. The van der Waals surface area contributed by atoms with Crippen molar-refractivity contribution in [1.29, 1.82) is 0 Å². The number of rotatable bonds is 14. The number of piperazine rings is 1.